The fraction of sp³-hybridized carbons (Fsp3) is 0.0164. The molecule has 0 unspecified atom stereocenters. The number of rotatable bonds is 9. The molecule has 0 aliphatic carbocycles. The van der Waals surface area contributed by atoms with Crippen molar-refractivity contribution in [2.45, 2.75) is 6.92 Å². The summed E-state index contributed by atoms with van der Waals surface area (Å²) in [5.74, 6) is 0. The van der Waals surface area contributed by atoms with Gasteiger partial charge in [-0.2, -0.15) is 0 Å². The van der Waals surface area contributed by atoms with Crippen LogP contribution in [-0.4, -0.2) is 14.5 Å². The van der Waals surface area contributed by atoms with Crippen LogP contribution in [0.5, 0.6) is 0 Å². The third-order valence-corrected chi connectivity index (χ3v) is 12.7. The summed E-state index contributed by atoms with van der Waals surface area (Å²) in [6.45, 7) is 2.23. The van der Waals surface area contributed by atoms with E-state index in [-0.39, 0.29) is 0 Å². The Hall–Kier alpha value is -8.80. The summed E-state index contributed by atoms with van der Waals surface area (Å²) in [7, 11) is 0. The number of benzene rings is 9. The van der Waals surface area contributed by atoms with Gasteiger partial charge >= 0.3 is 0 Å². The summed E-state index contributed by atoms with van der Waals surface area (Å²) in [6, 6.07) is 82.6. The molecule has 5 heteroatoms. The number of para-hydroxylation sites is 4. The van der Waals surface area contributed by atoms with Crippen LogP contribution in [0, 0.1) is 6.92 Å². The number of anilines is 6. The molecule has 3 aromatic heterocycles. The molecule has 12 aromatic rings. The Kier molecular flexibility index (Phi) is 9.65. The minimum Gasteiger partial charge on any atom is -0.310 e. The van der Waals surface area contributed by atoms with Crippen LogP contribution in [0.25, 0.3) is 71.6 Å². The van der Waals surface area contributed by atoms with Crippen molar-refractivity contribution >= 4 is 77.7 Å². The summed E-state index contributed by atoms with van der Waals surface area (Å²) in [5, 5.41) is 4.53. The van der Waals surface area contributed by atoms with Gasteiger partial charge in [0.2, 0.25) is 0 Å². The van der Waals surface area contributed by atoms with Crippen molar-refractivity contribution in [2.24, 2.45) is 0 Å². The number of fused-ring (bicyclic) bond motifs is 6. The number of hydrogen-bond donors (Lipinski definition) is 0. The van der Waals surface area contributed by atoms with Gasteiger partial charge in [0, 0.05) is 73.8 Å². The number of aromatic nitrogens is 3. The van der Waals surface area contributed by atoms with E-state index in [0.29, 0.717) is 0 Å². The maximum absolute atomic E-state index is 4.74. The molecule has 0 saturated heterocycles. The first kappa shape index (κ1) is 38.8. The van der Waals surface area contributed by atoms with Crippen LogP contribution >= 0.6 is 0 Å². The lowest BCUT2D eigenvalue weighted by atomic mass is 9.95. The lowest BCUT2D eigenvalue weighted by Gasteiger charge is -2.26. The molecule has 66 heavy (non-hydrogen) atoms. The van der Waals surface area contributed by atoms with Gasteiger partial charge in [0.1, 0.15) is 0 Å². The van der Waals surface area contributed by atoms with Crippen molar-refractivity contribution in [2.75, 3.05) is 9.80 Å². The SMILES string of the molecule is Cc1cc(-c2ccc(-c3cc4cccnc4c4ncccc34)cc2)ccc1-n1c2ccc(N(c3ccccc3)c3ccccc3)cc2c2cc(N(c3ccccc3)c3ccccc3)ccc21. The first-order valence-corrected chi connectivity index (χ1v) is 22.4. The Labute approximate surface area is 383 Å². The summed E-state index contributed by atoms with van der Waals surface area (Å²) < 4.78 is 2.44. The second-order valence-electron chi connectivity index (χ2n) is 16.7. The highest BCUT2D eigenvalue weighted by molar-refractivity contribution is 6.13. The Morgan fingerprint density at radius 3 is 1.33 bits per heavy atom. The molecule has 0 N–H and O–H groups in total. The predicted molar refractivity (Wildman–Crippen MR) is 276 cm³/mol. The zero-order valence-electron chi connectivity index (χ0n) is 36.3. The van der Waals surface area contributed by atoms with E-state index in [1.807, 2.05) is 24.5 Å². The molecule has 0 aliphatic rings. The molecule has 0 atom stereocenters. The fourth-order valence-corrected chi connectivity index (χ4v) is 9.68. The molecule has 312 valence electrons. The predicted octanol–water partition coefficient (Wildman–Crippen LogP) is 16.5. The molecule has 0 amide bonds. The monoisotopic (exact) mass is 845 g/mol. The molecule has 0 aliphatic heterocycles. The van der Waals surface area contributed by atoms with Crippen molar-refractivity contribution in [1.82, 2.24) is 14.5 Å². The highest BCUT2D eigenvalue weighted by atomic mass is 15.1. The van der Waals surface area contributed by atoms with Crippen LogP contribution in [-0.2, 0) is 0 Å². The van der Waals surface area contributed by atoms with Gasteiger partial charge in [-0.1, -0.05) is 115 Å². The van der Waals surface area contributed by atoms with Gasteiger partial charge in [0.05, 0.1) is 22.1 Å². The molecule has 9 aromatic carbocycles. The Bertz CT molecular complexity index is 3480. The molecular formula is C61H43N5. The number of nitrogens with zero attached hydrogens (tertiary/aromatic N) is 5. The molecular weight excluding hydrogens is 803 g/mol. The van der Waals surface area contributed by atoms with E-state index < -0.39 is 0 Å². The molecule has 0 fully saturated rings. The van der Waals surface area contributed by atoms with Crippen LogP contribution < -0.4 is 9.80 Å². The van der Waals surface area contributed by atoms with Crippen molar-refractivity contribution in [3.63, 3.8) is 0 Å². The van der Waals surface area contributed by atoms with Gasteiger partial charge in [-0.15, -0.1) is 0 Å². The highest BCUT2D eigenvalue weighted by Crippen LogP contribution is 2.43. The van der Waals surface area contributed by atoms with Crippen molar-refractivity contribution in [1.29, 1.82) is 0 Å². The van der Waals surface area contributed by atoms with E-state index in [2.05, 4.69) is 245 Å². The van der Waals surface area contributed by atoms with Gasteiger partial charge in [-0.25, -0.2) is 0 Å². The maximum atomic E-state index is 4.74. The fourth-order valence-electron chi connectivity index (χ4n) is 9.68. The second kappa shape index (κ2) is 16.4. The van der Waals surface area contributed by atoms with Crippen LogP contribution in [0.15, 0.2) is 243 Å². The molecule has 0 saturated carbocycles. The number of hydrogen-bond acceptors (Lipinski definition) is 4. The van der Waals surface area contributed by atoms with E-state index >= 15 is 0 Å². The van der Waals surface area contributed by atoms with E-state index in [1.165, 1.54) is 27.5 Å². The third-order valence-electron chi connectivity index (χ3n) is 12.7. The van der Waals surface area contributed by atoms with Gasteiger partial charge in [0.25, 0.3) is 0 Å². The molecule has 5 nitrogen and oxygen atoms in total. The van der Waals surface area contributed by atoms with Crippen LogP contribution in [0.4, 0.5) is 34.1 Å². The van der Waals surface area contributed by atoms with E-state index in [9.17, 15) is 0 Å². The van der Waals surface area contributed by atoms with Crippen molar-refractivity contribution in [3.8, 4) is 27.9 Å². The minimum absolute atomic E-state index is 0.924. The molecule has 0 spiro atoms. The van der Waals surface area contributed by atoms with Crippen LogP contribution in [0.1, 0.15) is 5.56 Å². The minimum atomic E-state index is 0.924. The average molecular weight is 846 g/mol. The quantitative estimate of drug-likeness (QED) is 0.136. The van der Waals surface area contributed by atoms with Crippen molar-refractivity contribution < 1.29 is 0 Å². The Morgan fingerprint density at radius 2 is 0.818 bits per heavy atom. The van der Waals surface area contributed by atoms with E-state index in [4.69, 9.17) is 4.98 Å². The molecule has 0 radical (unpaired) electrons. The van der Waals surface area contributed by atoms with Gasteiger partial charge in [-0.05, 0) is 150 Å². The first-order chi connectivity index (χ1) is 32.7. The Balaban J connectivity index is 0.997. The second-order valence-corrected chi connectivity index (χ2v) is 16.7. The largest absolute Gasteiger partial charge is 0.310 e. The first-order valence-electron chi connectivity index (χ1n) is 22.4. The van der Waals surface area contributed by atoms with Crippen LogP contribution in [0.2, 0.25) is 0 Å². The molecule has 3 heterocycles. The zero-order valence-corrected chi connectivity index (χ0v) is 36.3. The summed E-state index contributed by atoms with van der Waals surface area (Å²) in [6.07, 6.45) is 3.68. The smallest absolute Gasteiger partial charge is 0.0970 e. The lowest BCUT2D eigenvalue weighted by Crippen LogP contribution is -2.09. The van der Waals surface area contributed by atoms with Gasteiger partial charge in [-0.3, -0.25) is 9.97 Å². The number of pyridine rings is 2. The molecule has 12 rings (SSSR count). The third kappa shape index (κ3) is 6.82. The maximum Gasteiger partial charge on any atom is 0.0970 e. The van der Waals surface area contributed by atoms with Crippen molar-refractivity contribution in [3.05, 3.63) is 248 Å². The van der Waals surface area contributed by atoms with E-state index in [0.717, 1.165) is 83.8 Å². The summed E-state index contributed by atoms with van der Waals surface area (Å²) >= 11 is 0. The van der Waals surface area contributed by atoms with Gasteiger partial charge in [0.15, 0.2) is 0 Å². The van der Waals surface area contributed by atoms with Crippen LogP contribution in [0.3, 0.4) is 0 Å². The zero-order chi connectivity index (χ0) is 44.0. The highest BCUT2D eigenvalue weighted by Gasteiger charge is 2.21. The topological polar surface area (TPSA) is 37.2 Å². The summed E-state index contributed by atoms with van der Waals surface area (Å²) in [4.78, 5) is 14.1. The van der Waals surface area contributed by atoms with Gasteiger partial charge < -0.3 is 14.4 Å². The standard InChI is InChI=1S/C61H43N5/c1-42-38-45(43-26-28-44(29-27-43)54-39-46-16-14-36-62-60(46)61-53(54)25-15-37-63-61)30-33-57(42)66-58-34-31-51(64(47-17-6-2-7-18-47)48-19-8-3-9-20-48)40-55(58)56-41-52(32-35-59(56)66)65(49-21-10-4-11-22-49)50-23-12-5-13-24-50/h2-41H,1H3. The Morgan fingerprint density at radius 1 is 0.348 bits per heavy atom. The number of aryl methyl sites for hydroxylation is 1. The lowest BCUT2D eigenvalue weighted by molar-refractivity contribution is 1.15. The average Bonchev–Trinajstić information content (AvgIpc) is 3.70. The van der Waals surface area contributed by atoms with E-state index in [1.54, 1.807) is 0 Å². The normalized spacial score (nSPS) is 11.4. The molecule has 0 bridgehead atoms. The summed E-state index contributed by atoms with van der Waals surface area (Å²) in [5.41, 5.74) is 17.7.